The molecule has 2 aromatic heterocycles. The van der Waals surface area contributed by atoms with Gasteiger partial charge in [-0.25, -0.2) is 0 Å². The van der Waals surface area contributed by atoms with E-state index in [1.165, 1.54) is 6.33 Å². The normalized spacial score (nSPS) is 12.9. The fourth-order valence-corrected chi connectivity index (χ4v) is 1.79. The number of fused-ring (bicyclic) bond motifs is 1. The van der Waals surface area contributed by atoms with Gasteiger partial charge in [-0.2, -0.15) is 19.6 Å². The van der Waals surface area contributed by atoms with Gasteiger partial charge in [0.2, 0.25) is 0 Å². The number of hydrogen-bond donors (Lipinski definition) is 2. The predicted octanol–water partition coefficient (Wildman–Crippen LogP) is 1.35. The molecule has 2 aromatic rings. The molecule has 17 heavy (non-hydrogen) atoms. The summed E-state index contributed by atoms with van der Waals surface area (Å²) < 4.78 is 1.60. The highest BCUT2D eigenvalue weighted by atomic mass is 35.5. The van der Waals surface area contributed by atoms with Gasteiger partial charge in [0, 0.05) is 18.7 Å². The first-order chi connectivity index (χ1) is 8.20. The first-order valence-corrected chi connectivity index (χ1v) is 5.82. The number of aliphatic hydroxyl groups is 1. The smallest absolute Gasteiger partial charge is 0.255 e. The fraction of sp³-hybridized carbons (Fsp3) is 0.500. The number of aliphatic hydroxyl groups excluding tert-OH is 1. The molecule has 7 heteroatoms. The zero-order valence-corrected chi connectivity index (χ0v) is 10.2. The van der Waals surface area contributed by atoms with Crippen LogP contribution in [0.5, 0.6) is 0 Å². The molecule has 6 nitrogen and oxygen atoms in total. The van der Waals surface area contributed by atoms with Gasteiger partial charge >= 0.3 is 0 Å². The molecule has 0 saturated heterocycles. The van der Waals surface area contributed by atoms with Crippen LogP contribution in [0.3, 0.4) is 0 Å². The van der Waals surface area contributed by atoms with Gasteiger partial charge in [-0.15, -0.1) is 0 Å². The van der Waals surface area contributed by atoms with Crippen LogP contribution in [-0.2, 0) is 0 Å². The highest BCUT2D eigenvalue weighted by Gasteiger charge is 2.08. The zero-order valence-electron chi connectivity index (χ0n) is 9.47. The topological polar surface area (TPSA) is 75.3 Å². The molecule has 1 unspecified atom stereocenters. The van der Waals surface area contributed by atoms with E-state index in [0.717, 1.165) is 18.7 Å². The minimum absolute atomic E-state index is 0.196. The Labute approximate surface area is 104 Å². The number of halogens is 1. The van der Waals surface area contributed by atoms with Gasteiger partial charge in [0.15, 0.2) is 0 Å². The second kappa shape index (κ2) is 5.29. The van der Waals surface area contributed by atoms with Gasteiger partial charge in [-0.05, 0) is 19.8 Å². The maximum absolute atomic E-state index is 8.78. The summed E-state index contributed by atoms with van der Waals surface area (Å²) in [4.78, 5) is 8.03. The van der Waals surface area contributed by atoms with Crippen LogP contribution in [0, 0.1) is 0 Å². The van der Waals surface area contributed by atoms with E-state index in [1.54, 1.807) is 10.6 Å². The van der Waals surface area contributed by atoms with Gasteiger partial charge < -0.3 is 10.4 Å². The molecule has 2 heterocycles. The molecule has 0 bridgehead atoms. The lowest BCUT2D eigenvalue weighted by atomic mass is 10.2. The number of anilines is 1. The molecule has 0 aliphatic carbocycles. The van der Waals surface area contributed by atoms with Gasteiger partial charge in [0.05, 0.1) is 0 Å². The number of hydrogen-bond acceptors (Lipinski definition) is 5. The molecule has 0 aliphatic heterocycles. The van der Waals surface area contributed by atoms with E-state index in [1.807, 2.05) is 6.92 Å². The lowest BCUT2D eigenvalue weighted by molar-refractivity contribution is 0.282. The first-order valence-electron chi connectivity index (χ1n) is 5.44. The molecule has 0 fully saturated rings. The van der Waals surface area contributed by atoms with Crippen LogP contribution in [-0.4, -0.2) is 37.3 Å². The number of aromatic nitrogens is 4. The summed E-state index contributed by atoms with van der Waals surface area (Å²) in [7, 11) is 0. The highest BCUT2D eigenvalue weighted by Crippen LogP contribution is 2.16. The lowest BCUT2D eigenvalue weighted by Gasteiger charge is -2.15. The Morgan fingerprint density at radius 2 is 2.41 bits per heavy atom. The summed E-state index contributed by atoms with van der Waals surface area (Å²) in [5.74, 6) is 1.22. The summed E-state index contributed by atoms with van der Waals surface area (Å²) in [5, 5.41) is 16.5. The van der Waals surface area contributed by atoms with E-state index < -0.39 is 0 Å². The Morgan fingerprint density at radius 3 is 3.18 bits per heavy atom. The van der Waals surface area contributed by atoms with Crippen LogP contribution in [0.25, 0.3) is 5.78 Å². The highest BCUT2D eigenvalue weighted by molar-refractivity contribution is 6.29. The van der Waals surface area contributed by atoms with Crippen molar-refractivity contribution >= 4 is 23.2 Å². The first kappa shape index (κ1) is 12.1. The van der Waals surface area contributed by atoms with Crippen LogP contribution in [0.1, 0.15) is 19.8 Å². The number of nitrogens with one attached hydrogen (secondary N) is 1. The van der Waals surface area contributed by atoms with Crippen molar-refractivity contribution in [3.8, 4) is 0 Å². The van der Waals surface area contributed by atoms with Crippen LogP contribution < -0.4 is 5.32 Å². The molecular weight excluding hydrogens is 242 g/mol. The maximum atomic E-state index is 8.78. The van der Waals surface area contributed by atoms with Crippen molar-refractivity contribution in [3.63, 3.8) is 0 Å². The monoisotopic (exact) mass is 255 g/mol. The third-order valence-electron chi connectivity index (χ3n) is 2.41. The van der Waals surface area contributed by atoms with E-state index in [2.05, 4.69) is 20.4 Å². The third kappa shape index (κ3) is 2.83. The van der Waals surface area contributed by atoms with Crippen LogP contribution >= 0.6 is 11.6 Å². The molecule has 0 amide bonds. The van der Waals surface area contributed by atoms with Crippen LogP contribution in [0.4, 0.5) is 5.82 Å². The summed E-state index contributed by atoms with van der Waals surface area (Å²) >= 11 is 5.90. The molecule has 0 spiro atoms. The van der Waals surface area contributed by atoms with E-state index in [-0.39, 0.29) is 12.6 Å². The van der Waals surface area contributed by atoms with Gasteiger partial charge in [0.1, 0.15) is 17.3 Å². The average Bonchev–Trinajstić information content (AvgIpc) is 2.74. The van der Waals surface area contributed by atoms with Gasteiger partial charge in [0.25, 0.3) is 5.78 Å². The Balaban J connectivity index is 2.19. The van der Waals surface area contributed by atoms with Gasteiger partial charge in [-0.1, -0.05) is 11.6 Å². The third-order valence-corrected chi connectivity index (χ3v) is 2.60. The van der Waals surface area contributed by atoms with Crippen LogP contribution in [0.2, 0.25) is 5.15 Å². The average molecular weight is 256 g/mol. The van der Waals surface area contributed by atoms with Crippen molar-refractivity contribution in [1.29, 1.82) is 0 Å². The lowest BCUT2D eigenvalue weighted by Crippen LogP contribution is -2.18. The van der Waals surface area contributed by atoms with Crippen molar-refractivity contribution in [1.82, 2.24) is 19.6 Å². The summed E-state index contributed by atoms with van der Waals surface area (Å²) in [6, 6.07) is 1.92. The predicted molar refractivity (Wildman–Crippen MR) is 65.2 cm³/mol. The van der Waals surface area contributed by atoms with E-state index >= 15 is 0 Å². The minimum atomic E-state index is 0.196. The second-order valence-corrected chi connectivity index (χ2v) is 4.23. The van der Waals surface area contributed by atoms with Crippen molar-refractivity contribution in [2.24, 2.45) is 0 Å². The van der Waals surface area contributed by atoms with E-state index in [0.29, 0.717) is 10.9 Å². The molecule has 0 saturated carbocycles. The SMILES string of the molecule is CC(CCCO)Nc1cc(Cl)nc2ncnn12. The van der Waals surface area contributed by atoms with Crippen LogP contribution in [0.15, 0.2) is 12.4 Å². The summed E-state index contributed by atoms with van der Waals surface area (Å²) in [5.41, 5.74) is 0. The summed E-state index contributed by atoms with van der Waals surface area (Å²) in [6.45, 7) is 2.23. The van der Waals surface area contributed by atoms with Gasteiger partial charge in [-0.3, -0.25) is 0 Å². The van der Waals surface area contributed by atoms with Crippen molar-refractivity contribution in [2.45, 2.75) is 25.8 Å². The quantitative estimate of drug-likeness (QED) is 0.789. The Bertz CT molecular complexity index is 500. The standard InChI is InChI=1S/C10H14ClN5O/c1-7(3-2-4-17)14-9-5-8(11)15-10-12-6-13-16(9)10/h5-7,14,17H,2-4H2,1H3. The minimum Gasteiger partial charge on any atom is -0.396 e. The van der Waals surface area contributed by atoms with Crippen molar-refractivity contribution in [2.75, 3.05) is 11.9 Å². The number of rotatable bonds is 5. The largest absolute Gasteiger partial charge is 0.396 e. The summed E-state index contributed by atoms with van der Waals surface area (Å²) in [6.07, 6.45) is 3.06. The maximum Gasteiger partial charge on any atom is 0.255 e. The Morgan fingerprint density at radius 1 is 1.59 bits per heavy atom. The molecule has 2 N–H and O–H groups in total. The Hall–Kier alpha value is -1.40. The molecule has 1 atom stereocenters. The molecular formula is C10H14ClN5O. The van der Waals surface area contributed by atoms with E-state index in [4.69, 9.17) is 16.7 Å². The van der Waals surface area contributed by atoms with Crippen molar-refractivity contribution < 1.29 is 5.11 Å². The Kier molecular flexibility index (Phi) is 3.75. The molecule has 0 radical (unpaired) electrons. The molecule has 92 valence electrons. The van der Waals surface area contributed by atoms with Crippen molar-refractivity contribution in [3.05, 3.63) is 17.5 Å². The number of nitrogens with zero attached hydrogens (tertiary/aromatic N) is 4. The molecule has 0 aliphatic rings. The zero-order chi connectivity index (χ0) is 12.3. The van der Waals surface area contributed by atoms with E-state index in [9.17, 15) is 0 Å². The molecule has 2 rings (SSSR count). The molecule has 0 aromatic carbocycles. The second-order valence-electron chi connectivity index (χ2n) is 3.85. The fourth-order valence-electron chi connectivity index (χ4n) is 1.61.